The molecule has 1 fully saturated rings. The van der Waals surface area contributed by atoms with Crippen LogP contribution in [0.1, 0.15) is 22.5 Å². The van der Waals surface area contributed by atoms with E-state index in [2.05, 4.69) is 5.32 Å². The van der Waals surface area contributed by atoms with Gasteiger partial charge in [0.25, 0.3) is 11.8 Å². The third-order valence-corrected chi connectivity index (χ3v) is 5.51. The van der Waals surface area contributed by atoms with Crippen molar-refractivity contribution in [2.45, 2.75) is 20.3 Å². The minimum absolute atomic E-state index is 0.1000. The second kappa shape index (κ2) is 8.63. The Morgan fingerprint density at radius 1 is 0.969 bits per heavy atom. The molecule has 4 rings (SSSR count). The van der Waals surface area contributed by atoms with E-state index in [1.54, 1.807) is 12.1 Å². The molecular formula is C25H22FN3O3. The van der Waals surface area contributed by atoms with Crippen molar-refractivity contribution in [3.8, 4) is 5.69 Å². The first-order valence-corrected chi connectivity index (χ1v) is 10.2. The smallest absolute Gasteiger partial charge is 0.318 e. The first-order valence-electron chi connectivity index (χ1n) is 10.2. The van der Waals surface area contributed by atoms with Gasteiger partial charge >= 0.3 is 6.03 Å². The number of benzene rings is 2. The molecule has 3 aromatic rings. The van der Waals surface area contributed by atoms with Crippen LogP contribution in [-0.2, 0) is 16.0 Å². The van der Waals surface area contributed by atoms with Gasteiger partial charge in [-0.2, -0.15) is 0 Å². The van der Waals surface area contributed by atoms with E-state index in [1.807, 2.05) is 54.8 Å². The van der Waals surface area contributed by atoms with E-state index < -0.39 is 17.8 Å². The fourth-order valence-electron chi connectivity index (χ4n) is 3.86. The van der Waals surface area contributed by atoms with Gasteiger partial charge in [0.1, 0.15) is 11.4 Å². The van der Waals surface area contributed by atoms with Crippen LogP contribution in [0.25, 0.3) is 11.8 Å². The molecule has 2 aromatic carbocycles. The molecule has 0 bridgehead atoms. The number of hydrogen-bond donors (Lipinski definition) is 1. The van der Waals surface area contributed by atoms with Gasteiger partial charge in [-0.05, 0) is 67.8 Å². The van der Waals surface area contributed by atoms with E-state index in [-0.39, 0.29) is 17.9 Å². The molecule has 0 saturated carbocycles. The van der Waals surface area contributed by atoms with Crippen LogP contribution < -0.4 is 5.32 Å². The second-order valence-electron chi connectivity index (χ2n) is 7.65. The lowest BCUT2D eigenvalue weighted by Gasteiger charge is -2.26. The predicted octanol–water partition coefficient (Wildman–Crippen LogP) is 3.94. The Hall–Kier alpha value is -4.00. The summed E-state index contributed by atoms with van der Waals surface area (Å²) in [4.78, 5) is 38.8. The molecule has 1 N–H and O–H groups in total. The molecule has 0 aliphatic carbocycles. The third-order valence-electron chi connectivity index (χ3n) is 5.51. The summed E-state index contributed by atoms with van der Waals surface area (Å²) in [6.45, 7) is 3.90. The maximum atomic E-state index is 13.3. The van der Waals surface area contributed by atoms with E-state index >= 15 is 0 Å². The SMILES string of the molecule is Cc1cc(C=C2C(=O)NC(=O)N(CCc3ccccc3)C2=O)c(C)n1-c1ccc(F)cc1. The quantitative estimate of drug-likeness (QED) is 0.491. The monoisotopic (exact) mass is 431 g/mol. The van der Waals surface area contributed by atoms with Gasteiger partial charge in [-0.3, -0.25) is 19.8 Å². The molecule has 1 aliphatic heterocycles. The maximum absolute atomic E-state index is 13.3. The number of carbonyl (C=O) groups is 3. The number of imide groups is 2. The molecule has 7 heteroatoms. The number of aromatic nitrogens is 1. The Morgan fingerprint density at radius 2 is 1.66 bits per heavy atom. The van der Waals surface area contributed by atoms with E-state index in [0.717, 1.165) is 27.5 Å². The van der Waals surface area contributed by atoms with Crippen LogP contribution in [0.2, 0.25) is 0 Å². The van der Waals surface area contributed by atoms with Gasteiger partial charge in [-0.1, -0.05) is 30.3 Å². The van der Waals surface area contributed by atoms with E-state index in [4.69, 9.17) is 0 Å². The minimum atomic E-state index is -0.720. The second-order valence-corrected chi connectivity index (χ2v) is 7.65. The van der Waals surface area contributed by atoms with Crippen LogP contribution in [0, 0.1) is 19.7 Å². The third kappa shape index (κ3) is 4.09. The zero-order valence-corrected chi connectivity index (χ0v) is 17.8. The van der Waals surface area contributed by atoms with E-state index in [1.165, 1.54) is 18.2 Å². The van der Waals surface area contributed by atoms with Crippen LogP contribution >= 0.6 is 0 Å². The number of nitrogens with zero attached hydrogens (tertiary/aromatic N) is 2. The Labute approximate surface area is 185 Å². The fraction of sp³-hybridized carbons (Fsp3) is 0.160. The molecule has 0 spiro atoms. The molecule has 6 nitrogen and oxygen atoms in total. The number of amides is 4. The highest BCUT2D eigenvalue weighted by Crippen LogP contribution is 2.24. The largest absolute Gasteiger partial charge is 0.331 e. The van der Waals surface area contributed by atoms with Crippen LogP contribution in [0.5, 0.6) is 0 Å². The van der Waals surface area contributed by atoms with Crippen LogP contribution in [0.4, 0.5) is 9.18 Å². The van der Waals surface area contributed by atoms with Gasteiger partial charge in [0, 0.05) is 23.6 Å². The summed E-state index contributed by atoms with van der Waals surface area (Å²) in [5.41, 5.74) is 3.97. The number of urea groups is 1. The van der Waals surface area contributed by atoms with Crippen molar-refractivity contribution in [1.29, 1.82) is 0 Å². The Balaban J connectivity index is 1.63. The maximum Gasteiger partial charge on any atom is 0.331 e. The molecule has 1 saturated heterocycles. The lowest BCUT2D eigenvalue weighted by molar-refractivity contribution is -0.130. The van der Waals surface area contributed by atoms with Crippen LogP contribution in [-0.4, -0.2) is 33.9 Å². The average Bonchev–Trinajstić information content (AvgIpc) is 3.05. The Morgan fingerprint density at radius 3 is 2.34 bits per heavy atom. The van der Waals surface area contributed by atoms with E-state index in [9.17, 15) is 18.8 Å². The molecule has 4 amide bonds. The molecule has 162 valence electrons. The average molecular weight is 431 g/mol. The molecule has 0 radical (unpaired) electrons. The lowest BCUT2D eigenvalue weighted by Crippen LogP contribution is -2.54. The topological polar surface area (TPSA) is 71.4 Å². The standard InChI is InChI=1S/C25H22FN3O3/c1-16-14-19(17(2)29(16)21-10-8-20(26)9-11-21)15-22-23(30)27-25(32)28(24(22)31)13-12-18-6-4-3-5-7-18/h3-11,14-15H,12-13H2,1-2H3,(H,27,30,32). The molecule has 0 unspecified atom stereocenters. The number of halogens is 1. The number of carbonyl (C=O) groups excluding carboxylic acids is 3. The molecule has 1 aromatic heterocycles. The summed E-state index contributed by atoms with van der Waals surface area (Å²) in [5, 5.41) is 2.26. The van der Waals surface area contributed by atoms with Crippen molar-refractivity contribution >= 4 is 23.9 Å². The summed E-state index contributed by atoms with van der Waals surface area (Å²) >= 11 is 0. The van der Waals surface area contributed by atoms with Gasteiger partial charge in [0.2, 0.25) is 0 Å². The first-order chi connectivity index (χ1) is 15.3. The minimum Gasteiger partial charge on any atom is -0.318 e. The fourth-order valence-corrected chi connectivity index (χ4v) is 3.86. The number of nitrogens with one attached hydrogen (secondary N) is 1. The highest BCUT2D eigenvalue weighted by atomic mass is 19.1. The summed E-state index contributed by atoms with van der Waals surface area (Å²) < 4.78 is 15.2. The van der Waals surface area contributed by atoms with E-state index in [0.29, 0.717) is 12.0 Å². The van der Waals surface area contributed by atoms with Crippen molar-refractivity contribution in [2.24, 2.45) is 0 Å². The zero-order valence-electron chi connectivity index (χ0n) is 17.8. The van der Waals surface area contributed by atoms with Crippen LogP contribution in [0.15, 0.2) is 66.2 Å². The molecular weight excluding hydrogens is 409 g/mol. The number of barbiturate groups is 1. The van der Waals surface area contributed by atoms with Crippen LogP contribution in [0.3, 0.4) is 0 Å². The summed E-state index contributed by atoms with van der Waals surface area (Å²) in [7, 11) is 0. The van der Waals surface area contributed by atoms with Crippen molar-refractivity contribution in [3.63, 3.8) is 0 Å². The molecule has 1 aliphatic rings. The Bertz CT molecular complexity index is 1230. The summed E-state index contributed by atoms with van der Waals surface area (Å²) in [6.07, 6.45) is 1.99. The molecule has 2 heterocycles. The Kier molecular flexibility index (Phi) is 5.73. The lowest BCUT2D eigenvalue weighted by atomic mass is 10.1. The number of aryl methyl sites for hydroxylation is 1. The predicted molar refractivity (Wildman–Crippen MR) is 119 cm³/mol. The van der Waals surface area contributed by atoms with Gasteiger partial charge in [-0.15, -0.1) is 0 Å². The van der Waals surface area contributed by atoms with Gasteiger partial charge in [0.15, 0.2) is 0 Å². The van der Waals surface area contributed by atoms with Gasteiger partial charge in [-0.25, -0.2) is 9.18 Å². The molecule has 0 atom stereocenters. The van der Waals surface area contributed by atoms with Crippen molar-refractivity contribution in [3.05, 3.63) is 94.6 Å². The summed E-state index contributed by atoms with van der Waals surface area (Å²) in [6, 6.07) is 16.7. The van der Waals surface area contributed by atoms with Crippen molar-refractivity contribution in [1.82, 2.24) is 14.8 Å². The zero-order chi connectivity index (χ0) is 22.8. The van der Waals surface area contributed by atoms with Crippen molar-refractivity contribution < 1.29 is 18.8 Å². The number of rotatable bonds is 5. The highest BCUT2D eigenvalue weighted by molar-refractivity contribution is 6.31. The number of hydrogen-bond acceptors (Lipinski definition) is 3. The molecule has 32 heavy (non-hydrogen) atoms. The normalized spacial score (nSPS) is 15.4. The first kappa shape index (κ1) is 21.2. The highest BCUT2D eigenvalue weighted by Gasteiger charge is 2.35. The summed E-state index contributed by atoms with van der Waals surface area (Å²) in [5.74, 6) is -1.67. The van der Waals surface area contributed by atoms with Crippen molar-refractivity contribution in [2.75, 3.05) is 6.54 Å². The van der Waals surface area contributed by atoms with Gasteiger partial charge in [0.05, 0.1) is 0 Å². The van der Waals surface area contributed by atoms with Gasteiger partial charge < -0.3 is 4.57 Å².